The summed E-state index contributed by atoms with van der Waals surface area (Å²) in [6.07, 6.45) is 2.28. The second kappa shape index (κ2) is 6.86. The van der Waals surface area contributed by atoms with Gasteiger partial charge in [0.1, 0.15) is 0 Å². The molecule has 0 saturated carbocycles. The van der Waals surface area contributed by atoms with Gasteiger partial charge in [-0.05, 0) is 60.0 Å². The quantitative estimate of drug-likeness (QED) is 0.523. The molecule has 4 aromatic rings. The highest BCUT2D eigenvalue weighted by Crippen LogP contribution is 2.18. The molecule has 6 nitrogen and oxygen atoms in total. The van der Waals surface area contributed by atoms with Crippen LogP contribution in [0.15, 0.2) is 82.7 Å². The molecule has 146 valence electrons. The van der Waals surface area contributed by atoms with Gasteiger partial charge in [-0.2, -0.15) is 3.97 Å². The maximum Gasteiger partial charge on any atom is 0.349 e. The molecule has 3 aromatic carbocycles. The average molecular weight is 406 g/mol. The minimum Gasteiger partial charge on any atom is -0.268 e. The Balaban J connectivity index is 1.77. The molecule has 0 aliphatic rings. The second-order valence-electron chi connectivity index (χ2n) is 6.86. The summed E-state index contributed by atoms with van der Waals surface area (Å²) in [5, 5.41) is 1.82. The van der Waals surface area contributed by atoms with Gasteiger partial charge in [0.05, 0.1) is 4.90 Å². The molecule has 0 radical (unpaired) electrons. The SMILES string of the molecule is Cc1ccc(S(=O)(=O)n2ccn(C(=O)c3ccc4ccccc4c3)c2=O)cc1C. The zero-order valence-corrected chi connectivity index (χ0v) is 16.7. The van der Waals surface area contributed by atoms with Gasteiger partial charge in [0.15, 0.2) is 0 Å². The lowest BCUT2D eigenvalue weighted by Gasteiger charge is -2.07. The van der Waals surface area contributed by atoms with E-state index in [4.69, 9.17) is 0 Å². The first-order valence-electron chi connectivity index (χ1n) is 8.95. The van der Waals surface area contributed by atoms with E-state index in [0.29, 0.717) is 9.54 Å². The van der Waals surface area contributed by atoms with Crippen molar-refractivity contribution in [3.63, 3.8) is 0 Å². The van der Waals surface area contributed by atoms with E-state index in [1.807, 2.05) is 31.2 Å². The van der Waals surface area contributed by atoms with Crippen LogP contribution in [-0.2, 0) is 10.0 Å². The molecule has 0 aliphatic carbocycles. The number of rotatable bonds is 3. The van der Waals surface area contributed by atoms with Gasteiger partial charge in [-0.25, -0.2) is 17.8 Å². The van der Waals surface area contributed by atoms with Crippen molar-refractivity contribution in [1.29, 1.82) is 0 Å². The molecular formula is C22H18N2O4S. The Kier molecular flexibility index (Phi) is 4.47. The number of aromatic nitrogens is 2. The highest BCUT2D eigenvalue weighted by Gasteiger charge is 2.23. The summed E-state index contributed by atoms with van der Waals surface area (Å²) in [6.45, 7) is 3.67. The first kappa shape index (κ1) is 18.9. The van der Waals surface area contributed by atoms with Gasteiger partial charge in [-0.15, -0.1) is 0 Å². The average Bonchev–Trinajstić information content (AvgIpc) is 3.11. The smallest absolute Gasteiger partial charge is 0.268 e. The fourth-order valence-corrected chi connectivity index (χ4v) is 4.45. The summed E-state index contributed by atoms with van der Waals surface area (Å²) in [7, 11) is -4.11. The Labute approximate surface area is 167 Å². The molecule has 29 heavy (non-hydrogen) atoms. The van der Waals surface area contributed by atoms with E-state index in [0.717, 1.165) is 32.7 Å². The van der Waals surface area contributed by atoms with Crippen molar-refractivity contribution in [1.82, 2.24) is 8.54 Å². The normalized spacial score (nSPS) is 11.7. The Bertz CT molecular complexity index is 1430. The van der Waals surface area contributed by atoms with Gasteiger partial charge in [-0.1, -0.05) is 36.4 Å². The van der Waals surface area contributed by atoms with E-state index in [1.54, 1.807) is 31.2 Å². The van der Waals surface area contributed by atoms with Crippen LogP contribution in [0.2, 0.25) is 0 Å². The van der Waals surface area contributed by atoms with Crippen LogP contribution in [0.4, 0.5) is 0 Å². The van der Waals surface area contributed by atoms with Crippen molar-refractivity contribution in [2.24, 2.45) is 0 Å². The van der Waals surface area contributed by atoms with Crippen molar-refractivity contribution >= 4 is 26.7 Å². The fourth-order valence-electron chi connectivity index (χ4n) is 3.15. The van der Waals surface area contributed by atoms with Crippen LogP contribution in [-0.4, -0.2) is 22.9 Å². The van der Waals surface area contributed by atoms with E-state index in [9.17, 15) is 18.0 Å². The maximum absolute atomic E-state index is 12.9. The van der Waals surface area contributed by atoms with Crippen LogP contribution in [0.1, 0.15) is 21.5 Å². The number of nitrogens with zero attached hydrogens (tertiary/aromatic N) is 2. The van der Waals surface area contributed by atoms with Gasteiger partial charge < -0.3 is 0 Å². The lowest BCUT2D eigenvalue weighted by atomic mass is 10.1. The molecule has 7 heteroatoms. The predicted molar refractivity (Wildman–Crippen MR) is 111 cm³/mol. The number of carbonyl (C=O) groups excluding carboxylic acids is 1. The molecule has 0 spiro atoms. The number of aryl methyl sites for hydroxylation is 2. The van der Waals surface area contributed by atoms with Gasteiger partial charge in [0, 0.05) is 18.0 Å². The van der Waals surface area contributed by atoms with Gasteiger partial charge >= 0.3 is 5.69 Å². The summed E-state index contributed by atoms with van der Waals surface area (Å²) in [6, 6.07) is 17.3. The lowest BCUT2D eigenvalue weighted by Crippen LogP contribution is -2.32. The van der Waals surface area contributed by atoms with Crippen molar-refractivity contribution in [3.8, 4) is 0 Å². The number of hydrogen-bond acceptors (Lipinski definition) is 4. The van der Waals surface area contributed by atoms with Crippen molar-refractivity contribution in [2.45, 2.75) is 18.7 Å². The number of fused-ring (bicyclic) bond motifs is 1. The Hall–Kier alpha value is -3.45. The van der Waals surface area contributed by atoms with E-state index >= 15 is 0 Å². The molecule has 0 bridgehead atoms. The van der Waals surface area contributed by atoms with Crippen LogP contribution in [0.3, 0.4) is 0 Å². The highest BCUT2D eigenvalue weighted by atomic mass is 32.2. The van der Waals surface area contributed by atoms with Crippen LogP contribution >= 0.6 is 0 Å². The Morgan fingerprint density at radius 2 is 1.55 bits per heavy atom. The van der Waals surface area contributed by atoms with Crippen molar-refractivity contribution < 1.29 is 13.2 Å². The van der Waals surface area contributed by atoms with Gasteiger partial charge in [0.2, 0.25) is 0 Å². The van der Waals surface area contributed by atoms with Crippen LogP contribution in [0.25, 0.3) is 10.8 Å². The van der Waals surface area contributed by atoms with Crippen molar-refractivity contribution in [3.05, 3.63) is 100 Å². The molecule has 0 amide bonds. The van der Waals surface area contributed by atoms with Crippen molar-refractivity contribution in [2.75, 3.05) is 0 Å². The number of benzene rings is 3. The number of imidazole rings is 1. The minimum atomic E-state index is -4.11. The third-order valence-corrected chi connectivity index (χ3v) is 6.64. The van der Waals surface area contributed by atoms with E-state index in [1.165, 1.54) is 18.3 Å². The Morgan fingerprint density at radius 3 is 2.28 bits per heavy atom. The van der Waals surface area contributed by atoms with Gasteiger partial charge in [0.25, 0.3) is 15.9 Å². The molecule has 0 aliphatic heterocycles. The zero-order valence-electron chi connectivity index (χ0n) is 15.9. The standard InChI is InChI=1S/C22H18N2O4S/c1-15-7-10-20(13-16(15)2)29(27,28)24-12-11-23(22(24)26)21(25)19-9-8-17-5-3-4-6-18(17)14-19/h3-14H,1-2H3. The zero-order chi connectivity index (χ0) is 20.8. The van der Waals surface area contributed by atoms with Gasteiger partial charge in [-0.3, -0.25) is 4.79 Å². The molecule has 0 atom stereocenters. The maximum atomic E-state index is 12.9. The lowest BCUT2D eigenvalue weighted by molar-refractivity contribution is 0.0956. The molecular weight excluding hydrogens is 388 g/mol. The molecule has 1 aromatic heterocycles. The monoisotopic (exact) mass is 406 g/mol. The summed E-state index contributed by atoms with van der Waals surface area (Å²) >= 11 is 0. The topological polar surface area (TPSA) is 78.1 Å². The Morgan fingerprint density at radius 1 is 0.828 bits per heavy atom. The predicted octanol–water partition coefficient (Wildman–Crippen LogP) is 3.35. The molecule has 4 rings (SSSR count). The summed E-state index contributed by atoms with van der Waals surface area (Å²) in [5.74, 6) is -0.588. The summed E-state index contributed by atoms with van der Waals surface area (Å²) < 4.78 is 27.2. The molecule has 0 unspecified atom stereocenters. The molecule has 1 heterocycles. The largest absolute Gasteiger partial charge is 0.349 e. The summed E-state index contributed by atoms with van der Waals surface area (Å²) in [4.78, 5) is 25.6. The van der Waals surface area contributed by atoms with E-state index in [-0.39, 0.29) is 4.90 Å². The highest BCUT2D eigenvalue weighted by molar-refractivity contribution is 7.90. The first-order valence-corrected chi connectivity index (χ1v) is 10.4. The molecule has 0 saturated heterocycles. The van der Waals surface area contributed by atoms with Crippen LogP contribution in [0.5, 0.6) is 0 Å². The fraction of sp³-hybridized carbons (Fsp3) is 0.0909. The third kappa shape index (κ3) is 3.19. The van der Waals surface area contributed by atoms with Crippen LogP contribution in [0, 0.1) is 13.8 Å². The van der Waals surface area contributed by atoms with E-state index < -0.39 is 21.6 Å². The van der Waals surface area contributed by atoms with E-state index in [2.05, 4.69) is 0 Å². The van der Waals surface area contributed by atoms with Crippen LogP contribution < -0.4 is 5.69 Å². The molecule has 0 N–H and O–H groups in total. The molecule has 0 fully saturated rings. The third-order valence-electron chi connectivity index (χ3n) is 5.00. The second-order valence-corrected chi connectivity index (χ2v) is 8.68. The number of carbonyl (C=O) groups is 1. The number of hydrogen-bond donors (Lipinski definition) is 0. The minimum absolute atomic E-state index is 0.00129. The first-order chi connectivity index (χ1) is 13.8. The summed E-state index contributed by atoms with van der Waals surface area (Å²) in [5.41, 5.74) is 1.11.